The molecule has 18 heavy (non-hydrogen) atoms. The van der Waals surface area contributed by atoms with E-state index >= 15 is 0 Å². The van der Waals surface area contributed by atoms with Crippen molar-refractivity contribution >= 4 is 11.6 Å². The third-order valence-corrected chi connectivity index (χ3v) is 4.71. The Morgan fingerprint density at radius 1 is 1.11 bits per heavy atom. The van der Waals surface area contributed by atoms with Crippen molar-refractivity contribution in [3.05, 3.63) is 23.7 Å². The van der Waals surface area contributed by atoms with Gasteiger partial charge < -0.3 is 9.15 Å². The first kappa shape index (κ1) is 10.5. The van der Waals surface area contributed by atoms with E-state index in [0.717, 1.165) is 18.4 Å². The van der Waals surface area contributed by atoms with Gasteiger partial charge in [0.2, 0.25) is 0 Å². The molecular formula is C14H14O4. The number of aryl methyl sites for hydroxylation is 1. The molecule has 0 radical (unpaired) electrons. The van der Waals surface area contributed by atoms with Crippen molar-refractivity contribution in [1.82, 2.24) is 0 Å². The number of hydrogen-bond donors (Lipinski definition) is 0. The number of fused-ring (bicyclic) bond motifs is 5. The fourth-order valence-electron chi connectivity index (χ4n) is 3.93. The molecule has 0 spiro atoms. The topological polar surface area (TPSA) is 56.5 Å². The largest absolute Gasteiger partial charge is 0.469 e. The van der Waals surface area contributed by atoms with Crippen LogP contribution in [-0.2, 0) is 14.3 Å². The Bertz CT molecular complexity index is 516. The molecule has 0 N–H and O–H groups in total. The minimum Gasteiger partial charge on any atom is -0.469 e. The van der Waals surface area contributed by atoms with Crippen LogP contribution in [-0.4, -0.2) is 23.8 Å². The summed E-state index contributed by atoms with van der Waals surface area (Å²) in [4.78, 5) is 25.0. The van der Waals surface area contributed by atoms with E-state index in [1.807, 2.05) is 0 Å². The van der Waals surface area contributed by atoms with E-state index < -0.39 is 5.92 Å². The summed E-state index contributed by atoms with van der Waals surface area (Å²) < 4.78 is 10.9. The van der Waals surface area contributed by atoms with Crippen LogP contribution in [0.3, 0.4) is 0 Å². The van der Waals surface area contributed by atoms with Gasteiger partial charge in [-0.2, -0.15) is 0 Å². The maximum absolute atomic E-state index is 12.5. The molecule has 0 aromatic carbocycles. The van der Waals surface area contributed by atoms with E-state index in [1.54, 1.807) is 19.3 Å². The highest BCUT2D eigenvalue weighted by Crippen LogP contribution is 2.52. The average Bonchev–Trinajstić information content (AvgIpc) is 3.06. The van der Waals surface area contributed by atoms with Crippen molar-refractivity contribution in [2.24, 2.45) is 11.8 Å². The van der Waals surface area contributed by atoms with Gasteiger partial charge in [-0.25, -0.2) is 0 Å². The smallest absolute Gasteiger partial charge is 0.154 e. The van der Waals surface area contributed by atoms with E-state index in [-0.39, 0.29) is 35.6 Å². The van der Waals surface area contributed by atoms with E-state index in [1.165, 1.54) is 0 Å². The molecule has 4 nitrogen and oxygen atoms in total. The third-order valence-electron chi connectivity index (χ3n) is 4.71. The molecule has 94 valence electrons. The first-order valence-electron chi connectivity index (χ1n) is 6.45. The standard InChI is InChI=1S/C14H14O4/c1-6-7(4-5-17-6)10-13(15)11-8-2-3-9(18-8)12(11)14(10)16/h4-5,8-12H,2-3H2,1H3/t8-,9+,10?,11+,12-. The quantitative estimate of drug-likeness (QED) is 0.706. The summed E-state index contributed by atoms with van der Waals surface area (Å²) in [5.41, 5.74) is 0.749. The summed E-state index contributed by atoms with van der Waals surface area (Å²) in [6.07, 6.45) is 3.34. The molecule has 4 rings (SSSR count). The highest BCUT2D eigenvalue weighted by molar-refractivity contribution is 6.16. The molecule has 3 aliphatic rings. The SMILES string of the molecule is Cc1occc1C1C(=O)[C@@H]2[C@H](C1=O)[C@@H]1CC[C@H]2O1. The number of ketones is 2. The molecule has 1 aromatic heterocycles. The van der Waals surface area contributed by atoms with Gasteiger partial charge >= 0.3 is 0 Å². The molecule has 1 aromatic rings. The van der Waals surface area contributed by atoms with Crippen LogP contribution in [0.25, 0.3) is 0 Å². The first-order valence-corrected chi connectivity index (χ1v) is 6.45. The van der Waals surface area contributed by atoms with Crippen molar-refractivity contribution in [3.63, 3.8) is 0 Å². The molecule has 2 bridgehead atoms. The Labute approximate surface area is 104 Å². The number of rotatable bonds is 1. The molecule has 2 saturated heterocycles. The van der Waals surface area contributed by atoms with E-state index in [0.29, 0.717) is 5.76 Å². The van der Waals surface area contributed by atoms with Crippen molar-refractivity contribution in [2.75, 3.05) is 0 Å². The van der Waals surface area contributed by atoms with E-state index in [2.05, 4.69) is 0 Å². The monoisotopic (exact) mass is 246 g/mol. The number of carbonyl (C=O) groups excluding carboxylic acids is 2. The van der Waals surface area contributed by atoms with Gasteiger partial charge in [-0.1, -0.05) is 0 Å². The van der Waals surface area contributed by atoms with Crippen LogP contribution < -0.4 is 0 Å². The van der Waals surface area contributed by atoms with Gasteiger partial charge in [-0.15, -0.1) is 0 Å². The molecular weight excluding hydrogens is 232 g/mol. The lowest BCUT2D eigenvalue weighted by atomic mass is 9.81. The summed E-state index contributed by atoms with van der Waals surface area (Å²) in [6, 6.07) is 1.75. The zero-order chi connectivity index (χ0) is 12.4. The van der Waals surface area contributed by atoms with Crippen molar-refractivity contribution in [1.29, 1.82) is 0 Å². The van der Waals surface area contributed by atoms with Gasteiger partial charge in [0.15, 0.2) is 11.6 Å². The lowest BCUT2D eigenvalue weighted by Gasteiger charge is -2.16. The first-order chi connectivity index (χ1) is 8.68. The van der Waals surface area contributed by atoms with Gasteiger partial charge in [-0.3, -0.25) is 9.59 Å². The van der Waals surface area contributed by atoms with Gasteiger partial charge in [0.05, 0.1) is 30.3 Å². The van der Waals surface area contributed by atoms with Crippen LogP contribution in [0, 0.1) is 18.8 Å². The summed E-state index contributed by atoms with van der Waals surface area (Å²) in [6.45, 7) is 1.80. The number of furan rings is 1. The Balaban J connectivity index is 1.78. The van der Waals surface area contributed by atoms with E-state index in [4.69, 9.17) is 9.15 Å². The fourth-order valence-corrected chi connectivity index (χ4v) is 3.93. The molecule has 1 aliphatic carbocycles. The van der Waals surface area contributed by atoms with Gasteiger partial charge in [0.25, 0.3) is 0 Å². The molecule has 1 unspecified atom stereocenters. The van der Waals surface area contributed by atoms with Crippen LogP contribution in [0.15, 0.2) is 16.7 Å². The van der Waals surface area contributed by atoms with Crippen LogP contribution in [0.1, 0.15) is 30.1 Å². The molecule has 3 heterocycles. The second-order valence-electron chi connectivity index (χ2n) is 5.51. The fraction of sp³-hybridized carbons (Fsp3) is 0.571. The molecule has 4 heteroatoms. The normalized spacial score (nSPS) is 41.7. The Kier molecular flexibility index (Phi) is 1.94. The predicted octanol–water partition coefficient (Wildman–Crippen LogP) is 1.62. The Hall–Kier alpha value is -1.42. The predicted molar refractivity (Wildman–Crippen MR) is 61.1 cm³/mol. The second kappa shape index (κ2) is 3.32. The Morgan fingerprint density at radius 3 is 2.22 bits per heavy atom. The highest BCUT2D eigenvalue weighted by Gasteiger charge is 2.63. The summed E-state index contributed by atoms with van der Waals surface area (Å²) in [7, 11) is 0. The maximum atomic E-state index is 12.5. The molecule has 5 atom stereocenters. The van der Waals surface area contributed by atoms with Crippen LogP contribution in [0.4, 0.5) is 0 Å². The Morgan fingerprint density at radius 2 is 1.72 bits per heavy atom. The highest BCUT2D eigenvalue weighted by atomic mass is 16.5. The van der Waals surface area contributed by atoms with Crippen molar-refractivity contribution in [3.8, 4) is 0 Å². The molecule has 3 fully saturated rings. The summed E-state index contributed by atoms with van der Waals surface area (Å²) >= 11 is 0. The summed E-state index contributed by atoms with van der Waals surface area (Å²) in [5.74, 6) is -0.241. The summed E-state index contributed by atoms with van der Waals surface area (Å²) in [5, 5.41) is 0. The zero-order valence-corrected chi connectivity index (χ0v) is 10.1. The number of hydrogen-bond acceptors (Lipinski definition) is 4. The van der Waals surface area contributed by atoms with Gasteiger partial charge in [-0.05, 0) is 25.8 Å². The van der Waals surface area contributed by atoms with Gasteiger partial charge in [0.1, 0.15) is 11.7 Å². The van der Waals surface area contributed by atoms with Crippen LogP contribution >= 0.6 is 0 Å². The van der Waals surface area contributed by atoms with Crippen molar-refractivity contribution in [2.45, 2.75) is 37.9 Å². The molecule has 2 aliphatic heterocycles. The molecule has 1 saturated carbocycles. The van der Waals surface area contributed by atoms with Crippen LogP contribution in [0.5, 0.6) is 0 Å². The van der Waals surface area contributed by atoms with Crippen molar-refractivity contribution < 1.29 is 18.7 Å². The minimum atomic E-state index is -0.606. The maximum Gasteiger partial charge on any atom is 0.154 e. The van der Waals surface area contributed by atoms with Crippen LogP contribution in [0.2, 0.25) is 0 Å². The average molecular weight is 246 g/mol. The number of Topliss-reactive ketones (excluding diaryl/α,β-unsaturated/α-hetero) is 2. The lowest BCUT2D eigenvalue weighted by Crippen LogP contribution is -2.29. The number of ether oxygens (including phenoxy) is 1. The molecule has 0 amide bonds. The van der Waals surface area contributed by atoms with E-state index in [9.17, 15) is 9.59 Å². The number of carbonyl (C=O) groups is 2. The van der Waals surface area contributed by atoms with Gasteiger partial charge in [0, 0.05) is 5.56 Å². The minimum absolute atomic E-state index is 0.0198. The lowest BCUT2D eigenvalue weighted by molar-refractivity contribution is -0.127. The zero-order valence-electron chi connectivity index (χ0n) is 10.1. The second-order valence-corrected chi connectivity index (χ2v) is 5.51. The third kappa shape index (κ3) is 1.09.